The van der Waals surface area contributed by atoms with E-state index in [2.05, 4.69) is 9.97 Å². The number of rotatable bonds is 1. The summed E-state index contributed by atoms with van der Waals surface area (Å²) in [4.78, 5) is 21.6. The first-order chi connectivity index (χ1) is 11.1. The maximum absolute atomic E-state index is 11.7. The molecular weight excluding hydrogens is 292 g/mol. The number of amides is 1. The van der Waals surface area contributed by atoms with Crippen LogP contribution < -0.4 is 10.5 Å². The average molecular weight is 310 g/mol. The summed E-state index contributed by atoms with van der Waals surface area (Å²) in [5.74, 6) is 0.733. The zero-order valence-corrected chi connectivity index (χ0v) is 13.1. The van der Waals surface area contributed by atoms with Gasteiger partial charge in [0.15, 0.2) is 0 Å². The third-order valence-corrected chi connectivity index (χ3v) is 4.65. The van der Waals surface area contributed by atoms with Gasteiger partial charge in [-0.15, -0.1) is 0 Å². The molecule has 0 saturated carbocycles. The smallest absolute Gasteiger partial charge is 0.219 e. The minimum absolute atomic E-state index is 0.104. The number of hydrogen-bond donors (Lipinski definition) is 2. The quantitative estimate of drug-likeness (QED) is 0.675. The Morgan fingerprint density at radius 3 is 2.96 bits per heavy atom. The number of benzene rings is 1. The number of aromatic nitrogens is 2. The summed E-state index contributed by atoms with van der Waals surface area (Å²) in [5.41, 5.74) is 10.8. The molecule has 0 atom stereocenters. The van der Waals surface area contributed by atoms with E-state index < -0.39 is 0 Å². The monoisotopic (exact) mass is 310 g/mol. The molecule has 1 aliphatic heterocycles. The summed E-state index contributed by atoms with van der Waals surface area (Å²) >= 11 is 0. The Bertz CT molecular complexity index is 945. The van der Waals surface area contributed by atoms with Crippen molar-refractivity contribution in [2.75, 3.05) is 19.4 Å². The molecule has 0 aliphatic carbocycles. The third-order valence-electron chi connectivity index (χ3n) is 4.65. The minimum Gasteiger partial charge on any atom is -0.495 e. The highest BCUT2D eigenvalue weighted by atomic mass is 16.5. The molecule has 3 heterocycles. The van der Waals surface area contributed by atoms with Crippen LogP contribution in [-0.2, 0) is 17.8 Å². The first kappa shape index (κ1) is 13.9. The highest BCUT2D eigenvalue weighted by molar-refractivity contribution is 6.09. The van der Waals surface area contributed by atoms with Crippen molar-refractivity contribution >= 4 is 33.4 Å². The molecule has 1 aromatic carbocycles. The van der Waals surface area contributed by atoms with Crippen LogP contribution in [0.4, 0.5) is 5.69 Å². The summed E-state index contributed by atoms with van der Waals surface area (Å²) in [6.45, 7) is 2.99. The van der Waals surface area contributed by atoms with Crippen molar-refractivity contribution in [2.45, 2.75) is 19.9 Å². The molecule has 6 heteroatoms. The van der Waals surface area contributed by atoms with Gasteiger partial charge in [0.1, 0.15) is 11.4 Å². The van der Waals surface area contributed by atoms with Gasteiger partial charge in [-0.25, -0.2) is 0 Å². The topological polar surface area (TPSA) is 84.2 Å². The summed E-state index contributed by atoms with van der Waals surface area (Å²) < 4.78 is 5.27. The van der Waals surface area contributed by atoms with E-state index in [1.165, 1.54) is 5.69 Å². The Labute approximate surface area is 133 Å². The number of fused-ring (bicyclic) bond motifs is 5. The lowest BCUT2D eigenvalue weighted by atomic mass is 10.0. The number of hydrogen-bond acceptors (Lipinski definition) is 4. The van der Waals surface area contributed by atoms with Crippen LogP contribution in [0.1, 0.15) is 18.2 Å². The van der Waals surface area contributed by atoms with Gasteiger partial charge in [0.2, 0.25) is 5.91 Å². The standard InChI is InChI=1S/C17H18N4O2/c1-9(22)21-6-5-13-12(8-21)11-7-19-17-10(16(11)20-13)3-4-14(23-2)15(17)18/h3-4,7,20H,5-6,8,18H2,1-2H3. The molecule has 23 heavy (non-hydrogen) atoms. The van der Waals surface area contributed by atoms with Crippen molar-refractivity contribution in [1.29, 1.82) is 0 Å². The number of carbonyl (C=O) groups is 1. The van der Waals surface area contributed by atoms with Crippen molar-refractivity contribution in [2.24, 2.45) is 0 Å². The number of nitrogens with one attached hydrogen (secondary N) is 1. The van der Waals surface area contributed by atoms with Gasteiger partial charge in [-0.3, -0.25) is 9.78 Å². The summed E-state index contributed by atoms with van der Waals surface area (Å²) in [6.07, 6.45) is 2.67. The van der Waals surface area contributed by atoms with E-state index in [9.17, 15) is 4.79 Å². The number of ether oxygens (including phenoxy) is 1. The number of pyridine rings is 1. The van der Waals surface area contributed by atoms with Gasteiger partial charge in [0.05, 0.1) is 18.1 Å². The molecular formula is C17H18N4O2. The molecule has 1 aliphatic rings. The average Bonchev–Trinajstić information content (AvgIpc) is 2.93. The fourth-order valence-corrected chi connectivity index (χ4v) is 3.38. The molecule has 0 fully saturated rings. The second-order valence-corrected chi connectivity index (χ2v) is 5.90. The number of anilines is 1. The molecule has 4 rings (SSSR count). The number of aromatic amines is 1. The number of H-pyrrole nitrogens is 1. The maximum atomic E-state index is 11.7. The molecule has 2 aromatic heterocycles. The molecule has 0 bridgehead atoms. The van der Waals surface area contributed by atoms with Crippen molar-refractivity contribution in [3.8, 4) is 5.75 Å². The van der Waals surface area contributed by atoms with Gasteiger partial charge >= 0.3 is 0 Å². The van der Waals surface area contributed by atoms with Crippen LogP contribution in [0.15, 0.2) is 18.3 Å². The van der Waals surface area contributed by atoms with Gasteiger partial charge in [-0.2, -0.15) is 0 Å². The molecule has 6 nitrogen and oxygen atoms in total. The van der Waals surface area contributed by atoms with Gasteiger partial charge in [0, 0.05) is 54.7 Å². The van der Waals surface area contributed by atoms with Gasteiger partial charge in [-0.05, 0) is 12.1 Å². The van der Waals surface area contributed by atoms with Crippen LogP contribution in [-0.4, -0.2) is 34.4 Å². The van der Waals surface area contributed by atoms with E-state index in [4.69, 9.17) is 10.5 Å². The summed E-state index contributed by atoms with van der Waals surface area (Å²) in [5, 5.41) is 2.03. The predicted octanol–water partition coefficient (Wildman–Crippen LogP) is 2.21. The van der Waals surface area contributed by atoms with E-state index in [1.807, 2.05) is 23.2 Å². The van der Waals surface area contributed by atoms with Gasteiger partial charge < -0.3 is 20.4 Å². The van der Waals surface area contributed by atoms with Crippen LogP contribution >= 0.6 is 0 Å². The molecule has 118 valence electrons. The molecule has 0 radical (unpaired) electrons. The number of methoxy groups -OCH3 is 1. The molecule has 0 spiro atoms. The van der Waals surface area contributed by atoms with Crippen molar-refractivity contribution in [1.82, 2.24) is 14.9 Å². The first-order valence-corrected chi connectivity index (χ1v) is 7.60. The Hall–Kier alpha value is -2.76. The number of nitrogens with zero attached hydrogens (tertiary/aromatic N) is 2. The summed E-state index contributed by atoms with van der Waals surface area (Å²) in [7, 11) is 1.60. The Morgan fingerprint density at radius 2 is 2.22 bits per heavy atom. The van der Waals surface area contributed by atoms with Crippen LogP contribution in [0.25, 0.3) is 21.8 Å². The normalized spacial score (nSPS) is 14.3. The van der Waals surface area contributed by atoms with E-state index in [1.54, 1.807) is 14.0 Å². The van der Waals surface area contributed by atoms with Crippen LogP contribution in [0.2, 0.25) is 0 Å². The van der Waals surface area contributed by atoms with Gasteiger partial charge in [-0.1, -0.05) is 0 Å². The number of nitrogen functional groups attached to an aromatic ring is 1. The lowest BCUT2D eigenvalue weighted by Crippen LogP contribution is -2.33. The fourth-order valence-electron chi connectivity index (χ4n) is 3.38. The molecule has 1 amide bonds. The molecule has 0 unspecified atom stereocenters. The maximum Gasteiger partial charge on any atom is 0.219 e. The largest absolute Gasteiger partial charge is 0.495 e. The highest BCUT2D eigenvalue weighted by Crippen LogP contribution is 2.36. The van der Waals surface area contributed by atoms with Crippen molar-refractivity contribution in [3.63, 3.8) is 0 Å². The Kier molecular flexibility index (Phi) is 2.94. The Morgan fingerprint density at radius 1 is 1.39 bits per heavy atom. The third kappa shape index (κ3) is 1.94. The lowest BCUT2D eigenvalue weighted by Gasteiger charge is -2.25. The van der Waals surface area contributed by atoms with E-state index >= 15 is 0 Å². The van der Waals surface area contributed by atoms with Crippen molar-refractivity contribution in [3.05, 3.63) is 29.6 Å². The highest BCUT2D eigenvalue weighted by Gasteiger charge is 2.23. The second kappa shape index (κ2) is 4.87. The fraction of sp³-hybridized carbons (Fsp3) is 0.294. The lowest BCUT2D eigenvalue weighted by molar-refractivity contribution is -0.129. The SMILES string of the molecule is COc1ccc2c(ncc3c4c([nH]c32)CCN(C(C)=O)C4)c1N. The van der Waals surface area contributed by atoms with E-state index in [-0.39, 0.29) is 5.91 Å². The number of carbonyl (C=O) groups excluding carboxylic acids is 1. The predicted molar refractivity (Wildman–Crippen MR) is 89.4 cm³/mol. The second-order valence-electron chi connectivity index (χ2n) is 5.90. The van der Waals surface area contributed by atoms with E-state index in [0.29, 0.717) is 18.0 Å². The van der Waals surface area contributed by atoms with Gasteiger partial charge in [0.25, 0.3) is 0 Å². The van der Waals surface area contributed by atoms with Crippen LogP contribution in [0.3, 0.4) is 0 Å². The minimum atomic E-state index is 0.104. The van der Waals surface area contributed by atoms with E-state index in [0.717, 1.165) is 40.3 Å². The first-order valence-electron chi connectivity index (χ1n) is 7.60. The van der Waals surface area contributed by atoms with Crippen LogP contribution in [0, 0.1) is 0 Å². The Balaban J connectivity index is 1.96. The number of nitrogens with two attached hydrogens (primary N) is 1. The summed E-state index contributed by atoms with van der Waals surface area (Å²) in [6, 6.07) is 3.84. The van der Waals surface area contributed by atoms with Crippen molar-refractivity contribution < 1.29 is 9.53 Å². The van der Waals surface area contributed by atoms with Crippen LogP contribution in [0.5, 0.6) is 5.75 Å². The zero-order valence-electron chi connectivity index (χ0n) is 13.1. The molecule has 3 N–H and O–H groups in total. The molecule has 0 saturated heterocycles. The molecule has 3 aromatic rings. The zero-order chi connectivity index (χ0) is 16.1.